The number of nitrogens with one attached hydrogen (secondary N) is 1. The van der Waals surface area contributed by atoms with Gasteiger partial charge in [-0.05, 0) is 35.9 Å². The number of para-hydroxylation sites is 1. The van der Waals surface area contributed by atoms with Crippen molar-refractivity contribution in [3.8, 4) is 11.3 Å². The molecule has 2 heterocycles. The van der Waals surface area contributed by atoms with E-state index in [1.807, 2.05) is 24.3 Å². The van der Waals surface area contributed by atoms with E-state index >= 15 is 0 Å². The lowest BCUT2D eigenvalue weighted by molar-refractivity contribution is -0.255. The lowest BCUT2D eigenvalue weighted by Gasteiger charge is -2.03. The molecule has 0 saturated heterocycles. The third kappa shape index (κ3) is 2.72. The third-order valence-electron chi connectivity index (χ3n) is 4.01. The predicted molar refractivity (Wildman–Crippen MR) is 91.4 cm³/mol. The first kappa shape index (κ1) is 15.0. The second-order valence-corrected chi connectivity index (χ2v) is 5.63. The van der Waals surface area contributed by atoms with Crippen LogP contribution in [-0.4, -0.2) is 11.9 Å². The summed E-state index contributed by atoms with van der Waals surface area (Å²) in [5, 5.41) is 13.8. The molecule has 0 bridgehead atoms. The first-order chi connectivity index (χ1) is 12.1. The summed E-state index contributed by atoms with van der Waals surface area (Å²) in [5.41, 5.74) is 2.83. The number of carbonyl (C=O) groups is 2. The lowest BCUT2D eigenvalue weighted by Crippen LogP contribution is -2.22. The molecule has 5 heteroatoms. The van der Waals surface area contributed by atoms with E-state index in [2.05, 4.69) is 5.32 Å². The van der Waals surface area contributed by atoms with Crippen LogP contribution in [0.5, 0.6) is 0 Å². The van der Waals surface area contributed by atoms with Gasteiger partial charge in [0.1, 0.15) is 11.5 Å². The zero-order valence-corrected chi connectivity index (χ0v) is 13.0. The summed E-state index contributed by atoms with van der Waals surface area (Å²) >= 11 is 0. The normalized spacial score (nSPS) is 14.4. The number of amides is 1. The molecule has 1 aliphatic heterocycles. The number of carboxylic acids is 1. The Morgan fingerprint density at radius 1 is 1.04 bits per heavy atom. The Morgan fingerprint density at radius 3 is 2.72 bits per heavy atom. The van der Waals surface area contributed by atoms with Crippen LogP contribution in [0.4, 0.5) is 5.69 Å². The van der Waals surface area contributed by atoms with E-state index in [0.717, 1.165) is 11.3 Å². The van der Waals surface area contributed by atoms with E-state index in [1.165, 1.54) is 12.1 Å². The van der Waals surface area contributed by atoms with E-state index < -0.39 is 5.97 Å². The molecule has 4 rings (SSSR count). The fraction of sp³-hybridized carbons (Fsp3) is 0. The van der Waals surface area contributed by atoms with Gasteiger partial charge < -0.3 is 19.6 Å². The average molecular weight is 330 g/mol. The highest BCUT2D eigenvalue weighted by Gasteiger charge is 2.23. The molecule has 0 atom stereocenters. The quantitative estimate of drug-likeness (QED) is 0.749. The van der Waals surface area contributed by atoms with Crippen molar-refractivity contribution < 1.29 is 19.1 Å². The van der Waals surface area contributed by atoms with Crippen molar-refractivity contribution in [1.82, 2.24) is 0 Å². The zero-order valence-electron chi connectivity index (χ0n) is 13.0. The van der Waals surface area contributed by atoms with E-state index in [-0.39, 0.29) is 11.5 Å². The van der Waals surface area contributed by atoms with Crippen molar-refractivity contribution in [1.29, 1.82) is 0 Å². The van der Waals surface area contributed by atoms with Crippen molar-refractivity contribution in [2.75, 3.05) is 5.32 Å². The molecule has 1 N–H and O–H groups in total. The van der Waals surface area contributed by atoms with E-state index in [4.69, 9.17) is 4.42 Å². The van der Waals surface area contributed by atoms with E-state index in [1.54, 1.807) is 30.3 Å². The number of rotatable bonds is 3. The van der Waals surface area contributed by atoms with Gasteiger partial charge in [0.2, 0.25) is 0 Å². The van der Waals surface area contributed by atoms with Crippen LogP contribution in [0.25, 0.3) is 23.0 Å². The molecule has 0 saturated carbocycles. The Balaban J connectivity index is 1.70. The van der Waals surface area contributed by atoms with Crippen LogP contribution in [0.2, 0.25) is 0 Å². The molecule has 1 aliphatic rings. The Hall–Kier alpha value is -3.60. The van der Waals surface area contributed by atoms with Gasteiger partial charge >= 0.3 is 0 Å². The Bertz CT molecular complexity index is 1030. The van der Waals surface area contributed by atoms with Crippen LogP contribution in [-0.2, 0) is 4.79 Å². The molecule has 25 heavy (non-hydrogen) atoms. The molecule has 0 spiro atoms. The van der Waals surface area contributed by atoms with Crippen molar-refractivity contribution in [3.05, 3.63) is 77.6 Å². The summed E-state index contributed by atoms with van der Waals surface area (Å²) in [6.45, 7) is 0. The maximum absolute atomic E-state index is 12.1. The summed E-state index contributed by atoms with van der Waals surface area (Å²) in [6.07, 6.45) is 1.67. The number of furan rings is 1. The van der Waals surface area contributed by atoms with E-state index in [0.29, 0.717) is 22.7 Å². The van der Waals surface area contributed by atoms with Crippen LogP contribution >= 0.6 is 0 Å². The minimum Gasteiger partial charge on any atom is -0.545 e. The molecule has 1 aromatic heterocycles. The first-order valence-corrected chi connectivity index (χ1v) is 7.66. The zero-order chi connectivity index (χ0) is 17.4. The molecular formula is C20H12NO4-. The van der Waals surface area contributed by atoms with Crippen molar-refractivity contribution in [3.63, 3.8) is 0 Å². The SMILES string of the molecule is O=C1Nc2ccccc2/C1=C/c1ccc(-c2cccc(C(=O)[O-])c2)o1. The standard InChI is InChI=1S/C20H13NO4/c22-19-16(15-6-1-2-7-17(15)21-19)11-14-8-9-18(25-14)12-4-3-5-13(10-12)20(23)24/h1-11H,(H,21,22)(H,23,24)/p-1/b16-11-. The first-order valence-electron chi connectivity index (χ1n) is 7.66. The van der Waals surface area contributed by atoms with Gasteiger partial charge in [0, 0.05) is 16.8 Å². The number of carbonyl (C=O) groups excluding carboxylic acids is 2. The fourth-order valence-electron chi connectivity index (χ4n) is 2.81. The summed E-state index contributed by atoms with van der Waals surface area (Å²) in [7, 11) is 0. The second kappa shape index (κ2) is 5.79. The number of benzene rings is 2. The molecule has 0 aliphatic carbocycles. The third-order valence-corrected chi connectivity index (χ3v) is 4.01. The fourth-order valence-corrected chi connectivity index (χ4v) is 2.81. The molecular weight excluding hydrogens is 318 g/mol. The summed E-state index contributed by atoms with van der Waals surface area (Å²) < 4.78 is 5.76. The van der Waals surface area contributed by atoms with Crippen LogP contribution in [0, 0.1) is 0 Å². The van der Waals surface area contributed by atoms with Gasteiger partial charge in [-0.3, -0.25) is 4.79 Å². The van der Waals surface area contributed by atoms with Crippen LogP contribution in [0.15, 0.2) is 65.1 Å². The lowest BCUT2D eigenvalue weighted by atomic mass is 10.1. The largest absolute Gasteiger partial charge is 0.545 e. The Labute approximate surface area is 143 Å². The summed E-state index contributed by atoms with van der Waals surface area (Å²) in [6, 6.07) is 17.2. The van der Waals surface area contributed by atoms with Gasteiger partial charge in [-0.2, -0.15) is 0 Å². The minimum absolute atomic E-state index is 0.0814. The second-order valence-electron chi connectivity index (χ2n) is 5.63. The summed E-state index contributed by atoms with van der Waals surface area (Å²) in [4.78, 5) is 23.1. The molecule has 1 amide bonds. The molecule has 122 valence electrons. The maximum atomic E-state index is 12.1. The van der Waals surface area contributed by atoms with Crippen LogP contribution in [0.3, 0.4) is 0 Å². The predicted octanol–water partition coefficient (Wildman–Crippen LogP) is 2.80. The van der Waals surface area contributed by atoms with Crippen molar-refractivity contribution in [2.45, 2.75) is 0 Å². The molecule has 0 radical (unpaired) electrons. The van der Waals surface area contributed by atoms with Crippen LogP contribution < -0.4 is 10.4 Å². The highest BCUT2D eigenvalue weighted by molar-refractivity contribution is 6.34. The van der Waals surface area contributed by atoms with Gasteiger partial charge in [-0.1, -0.05) is 36.4 Å². The Morgan fingerprint density at radius 2 is 1.88 bits per heavy atom. The number of fused-ring (bicyclic) bond motifs is 1. The summed E-state index contributed by atoms with van der Waals surface area (Å²) in [5.74, 6) is -0.398. The van der Waals surface area contributed by atoms with Gasteiger partial charge in [0.15, 0.2) is 0 Å². The monoisotopic (exact) mass is 330 g/mol. The number of aromatic carboxylic acids is 1. The number of carboxylic acid groups (broad SMARTS) is 1. The van der Waals surface area contributed by atoms with Crippen molar-refractivity contribution in [2.24, 2.45) is 0 Å². The average Bonchev–Trinajstić information content (AvgIpc) is 3.21. The highest BCUT2D eigenvalue weighted by atomic mass is 16.4. The highest BCUT2D eigenvalue weighted by Crippen LogP contribution is 2.33. The molecule has 3 aromatic rings. The minimum atomic E-state index is -1.24. The van der Waals surface area contributed by atoms with E-state index in [9.17, 15) is 14.7 Å². The van der Waals surface area contributed by atoms with Gasteiger partial charge in [0.25, 0.3) is 5.91 Å². The van der Waals surface area contributed by atoms with Gasteiger partial charge in [-0.15, -0.1) is 0 Å². The topological polar surface area (TPSA) is 82.4 Å². The smallest absolute Gasteiger partial charge is 0.256 e. The van der Waals surface area contributed by atoms with Gasteiger partial charge in [0.05, 0.1) is 11.5 Å². The number of hydrogen-bond acceptors (Lipinski definition) is 4. The Kier molecular flexibility index (Phi) is 3.47. The van der Waals surface area contributed by atoms with Crippen LogP contribution in [0.1, 0.15) is 21.7 Å². The molecule has 2 aromatic carbocycles. The molecule has 0 unspecified atom stereocenters. The number of anilines is 1. The maximum Gasteiger partial charge on any atom is 0.256 e. The van der Waals surface area contributed by atoms with Gasteiger partial charge in [-0.25, -0.2) is 0 Å². The number of hydrogen-bond donors (Lipinski definition) is 1. The molecule has 5 nitrogen and oxygen atoms in total. The molecule has 0 fully saturated rings. The van der Waals surface area contributed by atoms with Crippen molar-refractivity contribution >= 4 is 29.2 Å².